The number of rotatable bonds is 4. The Kier molecular flexibility index (Phi) is 3.81. The SMILES string of the molecule is CS(=O)(=O)c1cn[nH]c1C1CCCN(Cc2cnc[nH]2)C1. The van der Waals surface area contributed by atoms with Crippen molar-refractivity contribution in [2.45, 2.75) is 30.2 Å². The second-order valence-electron chi connectivity index (χ2n) is 5.57. The lowest BCUT2D eigenvalue weighted by atomic mass is 9.95. The number of sulfone groups is 1. The van der Waals surface area contributed by atoms with Crippen molar-refractivity contribution in [1.82, 2.24) is 25.1 Å². The van der Waals surface area contributed by atoms with Crippen molar-refractivity contribution < 1.29 is 8.42 Å². The Morgan fingerprint density at radius 2 is 2.29 bits per heavy atom. The average molecular weight is 309 g/mol. The third-order valence-corrected chi connectivity index (χ3v) is 5.02. The van der Waals surface area contributed by atoms with E-state index in [2.05, 4.69) is 25.1 Å². The van der Waals surface area contributed by atoms with Crippen molar-refractivity contribution in [3.63, 3.8) is 0 Å². The van der Waals surface area contributed by atoms with Crippen LogP contribution in [-0.2, 0) is 16.4 Å². The molecule has 2 aromatic heterocycles. The number of likely N-dealkylation sites (tertiary alicyclic amines) is 1. The minimum absolute atomic E-state index is 0.175. The first-order valence-corrected chi connectivity index (χ1v) is 8.86. The molecule has 0 bridgehead atoms. The number of piperidine rings is 1. The Morgan fingerprint density at radius 1 is 1.43 bits per heavy atom. The van der Waals surface area contributed by atoms with Gasteiger partial charge in [-0.05, 0) is 19.4 Å². The number of aromatic nitrogens is 4. The van der Waals surface area contributed by atoms with Gasteiger partial charge >= 0.3 is 0 Å². The molecule has 0 spiro atoms. The van der Waals surface area contributed by atoms with Crippen LogP contribution in [0.1, 0.15) is 30.1 Å². The van der Waals surface area contributed by atoms with Crippen LogP contribution in [0.5, 0.6) is 0 Å². The summed E-state index contributed by atoms with van der Waals surface area (Å²) in [5, 5.41) is 6.81. The van der Waals surface area contributed by atoms with E-state index in [1.54, 1.807) is 6.33 Å². The number of H-pyrrole nitrogens is 2. The van der Waals surface area contributed by atoms with Gasteiger partial charge < -0.3 is 4.98 Å². The summed E-state index contributed by atoms with van der Waals surface area (Å²) in [5.74, 6) is 0.175. The van der Waals surface area contributed by atoms with E-state index in [9.17, 15) is 8.42 Å². The van der Waals surface area contributed by atoms with E-state index in [1.807, 2.05) is 6.20 Å². The second-order valence-corrected chi connectivity index (χ2v) is 7.56. The van der Waals surface area contributed by atoms with Crippen LogP contribution in [0.4, 0.5) is 0 Å². The smallest absolute Gasteiger partial charge is 0.178 e. The molecule has 0 amide bonds. The molecular formula is C13H19N5O2S. The number of hydrogen-bond donors (Lipinski definition) is 2. The summed E-state index contributed by atoms with van der Waals surface area (Å²) in [5.41, 5.74) is 1.82. The summed E-state index contributed by atoms with van der Waals surface area (Å²) in [6.07, 6.45) is 8.16. The van der Waals surface area contributed by atoms with Crippen molar-refractivity contribution in [3.05, 3.63) is 30.1 Å². The Labute approximate surface area is 123 Å². The predicted octanol–water partition coefficient (Wildman–Crippen LogP) is 0.916. The first-order valence-electron chi connectivity index (χ1n) is 6.97. The highest BCUT2D eigenvalue weighted by Crippen LogP contribution is 2.30. The van der Waals surface area contributed by atoms with Gasteiger partial charge in [-0.25, -0.2) is 13.4 Å². The fourth-order valence-corrected chi connectivity index (χ4v) is 3.78. The molecule has 1 fully saturated rings. The average Bonchev–Trinajstić information content (AvgIpc) is 3.08. The number of nitrogens with one attached hydrogen (secondary N) is 2. The summed E-state index contributed by atoms with van der Waals surface area (Å²) in [6.45, 7) is 2.64. The van der Waals surface area contributed by atoms with Crippen LogP contribution in [0, 0.1) is 0 Å². The van der Waals surface area contributed by atoms with Gasteiger partial charge in [0.05, 0.1) is 18.2 Å². The zero-order valence-corrected chi connectivity index (χ0v) is 12.7. The third-order valence-electron chi connectivity index (χ3n) is 3.89. The molecule has 8 heteroatoms. The molecule has 2 aromatic rings. The summed E-state index contributed by atoms with van der Waals surface area (Å²) in [7, 11) is -3.24. The Hall–Kier alpha value is -1.67. The molecule has 0 aliphatic carbocycles. The number of aromatic amines is 2. The quantitative estimate of drug-likeness (QED) is 0.875. The number of imidazole rings is 1. The summed E-state index contributed by atoms with van der Waals surface area (Å²) < 4.78 is 23.6. The van der Waals surface area contributed by atoms with Crippen LogP contribution in [-0.4, -0.2) is 52.8 Å². The zero-order valence-electron chi connectivity index (χ0n) is 11.9. The molecule has 114 valence electrons. The maximum absolute atomic E-state index is 11.8. The van der Waals surface area contributed by atoms with Crippen LogP contribution in [0.2, 0.25) is 0 Å². The van der Waals surface area contributed by atoms with Crippen molar-refractivity contribution in [1.29, 1.82) is 0 Å². The molecule has 0 radical (unpaired) electrons. The molecule has 3 rings (SSSR count). The van der Waals surface area contributed by atoms with Crippen molar-refractivity contribution >= 4 is 9.84 Å². The second kappa shape index (κ2) is 5.61. The van der Waals surface area contributed by atoms with Crippen LogP contribution in [0.3, 0.4) is 0 Å². The minimum atomic E-state index is -3.24. The topological polar surface area (TPSA) is 94.7 Å². The molecule has 7 nitrogen and oxygen atoms in total. The normalized spacial score (nSPS) is 20.7. The zero-order chi connectivity index (χ0) is 14.9. The fraction of sp³-hybridized carbons (Fsp3) is 0.538. The predicted molar refractivity (Wildman–Crippen MR) is 77.5 cm³/mol. The third kappa shape index (κ3) is 3.16. The molecule has 0 saturated carbocycles. The fourth-order valence-electron chi connectivity index (χ4n) is 2.92. The molecule has 3 heterocycles. The van der Waals surface area contributed by atoms with Gasteiger partial charge in [0.2, 0.25) is 0 Å². The molecule has 1 atom stereocenters. The van der Waals surface area contributed by atoms with E-state index in [0.29, 0.717) is 4.90 Å². The lowest BCUT2D eigenvalue weighted by Crippen LogP contribution is -2.34. The van der Waals surface area contributed by atoms with E-state index < -0.39 is 9.84 Å². The molecule has 1 unspecified atom stereocenters. The number of nitrogens with zero attached hydrogens (tertiary/aromatic N) is 3. The standard InChI is InChI=1S/C13H19N5O2S/c1-21(19,20)12-6-16-17-13(12)10-3-2-4-18(7-10)8-11-5-14-9-15-11/h5-6,9-10H,2-4,7-8H2,1H3,(H,14,15)(H,16,17). The molecule has 0 aromatic carbocycles. The van der Waals surface area contributed by atoms with E-state index in [1.165, 1.54) is 12.5 Å². The summed E-state index contributed by atoms with van der Waals surface area (Å²) in [4.78, 5) is 9.77. The van der Waals surface area contributed by atoms with Crippen LogP contribution >= 0.6 is 0 Å². The van der Waals surface area contributed by atoms with Crippen molar-refractivity contribution in [2.24, 2.45) is 0 Å². The molecular weight excluding hydrogens is 290 g/mol. The van der Waals surface area contributed by atoms with Crippen LogP contribution < -0.4 is 0 Å². The maximum atomic E-state index is 11.8. The highest BCUT2D eigenvalue weighted by molar-refractivity contribution is 7.90. The summed E-state index contributed by atoms with van der Waals surface area (Å²) in [6, 6.07) is 0. The van der Waals surface area contributed by atoms with Crippen molar-refractivity contribution in [2.75, 3.05) is 19.3 Å². The van der Waals surface area contributed by atoms with Crippen LogP contribution in [0.15, 0.2) is 23.6 Å². The van der Waals surface area contributed by atoms with Gasteiger partial charge in [-0.1, -0.05) is 0 Å². The van der Waals surface area contributed by atoms with Gasteiger partial charge in [0, 0.05) is 37.2 Å². The maximum Gasteiger partial charge on any atom is 0.178 e. The highest BCUT2D eigenvalue weighted by atomic mass is 32.2. The largest absolute Gasteiger partial charge is 0.347 e. The molecule has 1 saturated heterocycles. The van der Waals surface area contributed by atoms with E-state index >= 15 is 0 Å². The van der Waals surface area contributed by atoms with Gasteiger partial charge in [-0.15, -0.1) is 0 Å². The Balaban J connectivity index is 1.76. The molecule has 21 heavy (non-hydrogen) atoms. The number of hydrogen-bond acceptors (Lipinski definition) is 5. The van der Waals surface area contributed by atoms with E-state index in [4.69, 9.17) is 0 Å². The molecule has 2 N–H and O–H groups in total. The Morgan fingerprint density at radius 3 is 3.00 bits per heavy atom. The van der Waals surface area contributed by atoms with Crippen LogP contribution in [0.25, 0.3) is 0 Å². The Bertz CT molecular complexity index is 692. The van der Waals surface area contributed by atoms with Gasteiger partial charge in [0.25, 0.3) is 0 Å². The van der Waals surface area contributed by atoms with Gasteiger partial charge in [-0.2, -0.15) is 5.10 Å². The lowest BCUT2D eigenvalue weighted by molar-refractivity contribution is 0.195. The molecule has 1 aliphatic rings. The minimum Gasteiger partial charge on any atom is -0.347 e. The van der Waals surface area contributed by atoms with Crippen molar-refractivity contribution in [3.8, 4) is 0 Å². The first kappa shape index (κ1) is 14.3. The van der Waals surface area contributed by atoms with Gasteiger partial charge in [-0.3, -0.25) is 10.00 Å². The summed E-state index contributed by atoms with van der Waals surface area (Å²) >= 11 is 0. The molecule has 1 aliphatic heterocycles. The first-order chi connectivity index (χ1) is 10.0. The van der Waals surface area contributed by atoms with Gasteiger partial charge in [0.1, 0.15) is 4.90 Å². The van der Waals surface area contributed by atoms with E-state index in [-0.39, 0.29) is 5.92 Å². The lowest BCUT2D eigenvalue weighted by Gasteiger charge is -2.32. The monoisotopic (exact) mass is 309 g/mol. The van der Waals surface area contributed by atoms with Gasteiger partial charge in [0.15, 0.2) is 9.84 Å². The van der Waals surface area contributed by atoms with E-state index in [0.717, 1.165) is 43.9 Å². The highest BCUT2D eigenvalue weighted by Gasteiger charge is 2.27.